The van der Waals surface area contributed by atoms with Gasteiger partial charge in [0.15, 0.2) is 0 Å². The number of rotatable bonds is 2. The van der Waals surface area contributed by atoms with Gasteiger partial charge in [-0.3, -0.25) is 4.79 Å². The van der Waals surface area contributed by atoms with E-state index in [0.29, 0.717) is 18.9 Å². The van der Waals surface area contributed by atoms with E-state index in [2.05, 4.69) is 6.92 Å². The Morgan fingerprint density at radius 2 is 2.11 bits per heavy atom. The van der Waals surface area contributed by atoms with Crippen molar-refractivity contribution in [2.24, 2.45) is 5.92 Å². The molecule has 0 radical (unpaired) electrons. The number of carbonyl (C=O) groups is 1. The Morgan fingerprint density at radius 1 is 1.44 bits per heavy atom. The molecule has 0 spiro atoms. The number of benzene rings is 1. The molecule has 2 atom stereocenters. The van der Waals surface area contributed by atoms with Crippen LogP contribution in [0, 0.1) is 11.7 Å². The molecule has 1 saturated heterocycles. The predicted molar refractivity (Wildman–Crippen MR) is 70.1 cm³/mol. The van der Waals surface area contributed by atoms with E-state index >= 15 is 0 Å². The van der Waals surface area contributed by atoms with Crippen molar-refractivity contribution in [3.8, 4) is 0 Å². The highest BCUT2D eigenvalue weighted by molar-refractivity contribution is 6.20. The highest BCUT2D eigenvalue weighted by Crippen LogP contribution is 2.22. The summed E-state index contributed by atoms with van der Waals surface area (Å²) in [7, 11) is 0. The van der Waals surface area contributed by atoms with Gasteiger partial charge in [-0.1, -0.05) is 19.1 Å². The van der Waals surface area contributed by atoms with Crippen molar-refractivity contribution in [3.05, 3.63) is 35.6 Å². The van der Waals surface area contributed by atoms with Crippen LogP contribution in [0.15, 0.2) is 24.3 Å². The standard InChI is InChI=1S/C14H17ClFNO/c1-10-9-17(7-6-13(10)15)14(18)8-11-2-4-12(16)5-3-11/h2-5,10,13H,6-9H2,1H3. The smallest absolute Gasteiger partial charge is 0.226 e. The summed E-state index contributed by atoms with van der Waals surface area (Å²) in [6.07, 6.45) is 1.18. The molecule has 18 heavy (non-hydrogen) atoms. The van der Waals surface area contributed by atoms with Crippen LogP contribution in [0.2, 0.25) is 0 Å². The first-order valence-electron chi connectivity index (χ1n) is 6.22. The predicted octanol–water partition coefficient (Wildman–Crippen LogP) is 2.84. The maximum absolute atomic E-state index is 12.8. The minimum atomic E-state index is -0.275. The maximum Gasteiger partial charge on any atom is 0.226 e. The number of carbonyl (C=O) groups excluding carboxylic acids is 1. The lowest BCUT2D eigenvalue weighted by Crippen LogP contribution is -2.44. The Balaban J connectivity index is 1.94. The minimum Gasteiger partial charge on any atom is -0.342 e. The van der Waals surface area contributed by atoms with Crippen LogP contribution in [-0.4, -0.2) is 29.3 Å². The van der Waals surface area contributed by atoms with Crippen LogP contribution < -0.4 is 0 Å². The Kier molecular flexibility index (Phi) is 4.23. The van der Waals surface area contributed by atoms with E-state index < -0.39 is 0 Å². The quantitative estimate of drug-likeness (QED) is 0.756. The number of nitrogens with zero attached hydrogens (tertiary/aromatic N) is 1. The van der Waals surface area contributed by atoms with Gasteiger partial charge in [0.25, 0.3) is 0 Å². The summed E-state index contributed by atoms with van der Waals surface area (Å²) in [4.78, 5) is 13.9. The lowest BCUT2D eigenvalue weighted by atomic mass is 9.99. The van der Waals surface area contributed by atoms with Gasteiger partial charge < -0.3 is 4.90 Å². The molecule has 1 aliphatic rings. The molecule has 0 saturated carbocycles. The summed E-state index contributed by atoms with van der Waals surface area (Å²) >= 11 is 6.14. The molecule has 2 rings (SSSR count). The number of amides is 1. The minimum absolute atomic E-state index is 0.0945. The number of alkyl halides is 1. The highest BCUT2D eigenvalue weighted by Gasteiger charge is 2.26. The summed E-state index contributed by atoms with van der Waals surface area (Å²) in [6, 6.07) is 6.09. The molecule has 0 aromatic heterocycles. The zero-order chi connectivity index (χ0) is 13.1. The monoisotopic (exact) mass is 269 g/mol. The Bertz CT molecular complexity index is 420. The lowest BCUT2D eigenvalue weighted by Gasteiger charge is -2.34. The molecule has 0 N–H and O–H groups in total. The molecule has 1 amide bonds. The van der Waals surface area contributed by atoms with Gasteiger partial charge in [0.05, 0.1) is 6.42 Å². The van der Waals surface area contributed by atoms with Crippen molar-refractivity contribution >= 4 is 17.5 Å². The molecule has 1 aromatic rings. The lowest BCUT2D eigenvalue weighted by molar-refractivity contribution is -0.132. The highest BCUT2D eigenvalue weighted by atomic mass is 35.5. The van der Waals surface area contributed by atoms with Crippen molar-refractivity contribution in [1.29, 1.82) is 0 Å². The van der Waals surface area contributed by atoms with Crippen LogP contribution in [-0.2, 0) is 11.2 Å². The first-order valence-corrected chi connectivity index (χ1v) is 6.66. The fraction of sp³-hybridized carbons (Fsp3) is 0.500. The molecule has 1 heterocycles. The Morgan fingerprint density at radius 3 is 2.72 bits per heavy atom. The van der Waals surface area contributed by atoms with Crippen molar-refractivity contribution in [2.75, 3.05) is 13.1 Å². The third-order valence-electron chi connectivity index (χ3n) is 3.42. The average Bonchev–Trinajstić information content (AvgIpc) is 2.35. The first-order chi connectivity index (χ1) is 8.56. The Labute approximate surface area is 112 Å². The second-order valence-corrected chi connectivity index (χ2v) is 5.49. The fourth-order valence-electron chi connectivity index (χ4n) is 2.23. The van der Waals surface area contributed by atoms with Gasteiger partial charge in [0.2, 0.25) is 5.91 Å². The van der Waals surface area contributed by atoms with E-state index in [1.807, 2.05) is 4.90 Å². The van der Waals surface area contributed by atoms with E-state index in [4.69, 9.17) is 11.6 Å². The van der Waals surface area contributed by atoms with E-state index in [1.165, 1.54) is 12.1 Å². The topological polar surface area (TPSA) is 20.3 Å². The molecular weight excluding hydrogens is 253 g/mol. The van der Waals surface area contributed by atoms with Crippen molar-refractivity contribution in [1.82, 2.24) is 4.90 Å². The van der Waals surface area contributed by atoms with Crippen LogP contribution in [0.3, 0.4) is 0 Å². The van der Waals surface area contributed by atoms with Gasteiger partial charge in [-0.05, 0) is 30.0 Å². The van der Waals surface area contributed by atoms with Gasteiger partial charge >= 0.3 is 0 Å². The summed E-state index contributed by atoms with van der Waals surface area (Å²) in [6.45, 7) is 3.50. The second kappa shape index (κ2) is 5.70. The van der Waals surface area contributed by atoms with E-state index in [1.54, 1.807) is 12.1 Å². The third-order valence-corrected chi connectivity index (χ3v) is 4.07. The van der Waals surface area contributed by atoms with Crippen molar-refractivity contribution in [2.45, 2.75) is 25.1 Å². The average molecular weight is 270 g/mol. The first kappa shape index (κ1) is 13.3. The number of likely N-dealkylation sites (tertiary alicyclic amines) is 1. The molecule has 2 unspecified atom stereocenters. The summed E-state index contributed by atoms with van der Waals surface area (Å²) in [5, 5.41) is 0.167. The largest absolute Gasteiger partial charge is 0.342 e. The van der Waals surface area contributed by atoms with Crippen LogP contribution in [0.4, 0.5) is 4.39 Å². The molecule has 4 heteroatoms. The van der Waals surface area contributed by atoms with Gasteiger partial charge in [-0.15, -0.1) is 11.6 Å². The van der Waals surface area contributed by atoms with Crippen LogP contribution in [0.25, 0.3) is 0 Å². The van der Waals surface area contributed by atoms with Gasteiger partial charge in [0, 0.05) is 18.5 Å². The molecule has 1 aliphatic heterocycles. The SMILES string of the molecule is CC1CN(C(=O)Cc2ccc(F)cc2)CCC1Cl. The molecule has 98 valence electrons. The van der Waals surface area contributed by atoms with Crippen molar-refractivity contribution < 1.29 is 9.18 Å². The van der Waals surface area contributed by atoms with Gasteiger partial charge in [0.1, 0.15) is 5.82 Å². The van der Waals surface area contributed by atoms with Gasteiger partial charge in [-0.2, -0.15) is 0 Å². The van der Waals surface area contributed by atoms with E-state index in [-0.39, 0.29) is 17.1 Å². The molecule has 1 aromatic carbocycles. The number of hydrogen-bond acceptors (Lipinski definition) is 1. The molecular formula is C14H17ClFNO. The molecule has 0 bridgehead atoms. The number of piperidine rings is 1. The van der Waals surface area contributed by atoms with Crippen LogP contribution in [0.5, 0.6) is 0 Å². The van der Waals surface area contributed by atoms with E-state index in [0.717, 1.165) is 18.5 Å². The summed E-state index contributed by atoms with van der Waals surface area (Å²) in [5.74, 6) is 0.150. The second-order valence-electron chi connectivity index (χ2n) is 4.92. The van der Waals surface area contributed by atoms with Crippen LogP contribution >= 0.6 is 11.6 Å². The van der Waals surface area contributed by atoms with Gasteiger partial charge in [-0.25, -0.2) is 4.39 Å². The normalized spacial score (nSPS) is 24.1. The molecule has 0 aliphatic carbocycles. The summed E-state index contributed by atoms with van der Waals surface area (Å²) in [5.41, 5.74) is 0.849. The number of halogens is 2. The fourth-order valence-corrected chi connectivity index (χ4v) is 2.41. The summed E-state index contributed by atoms with van der Waals surface area (Å²) < 4.78 is 12.8. The van der Waals surface area contributed by atoms with Crippen molar-refractivity contribution in [3.63, 3.8) is 0 Å². The van der Waals surface area contributed by atoms with E-state index in [9.17, 15) is 9.18 Å². The maximum atomic E-state index is 12.8. The zero-order valence-electron chi connectivity index (χ0n) is 10.4. The zero-order valence-corrected chi connectivity index (χ0v) is 11.2. The molecule has 1 fully saturated rings. The van der Waals surface area contributed by atoms with Crippen LogP contribution in [0.1, 0.15) is 18.9 Å². The molecule has 2 nitrogen and oxygen atoms in total. The third kappa shape index (κ3) is 3.22. The Hall–Kier alpha value is -1.09. The number of hydrogen-bond donors (Lipinski definition) is 0.